The molecule has 1 amide bonds. The Morgan fingerprint density at radius 1 is 1.38 bits per heavy atom. The number of aromatic hydroxyl groups is 1. The quantitative estimate of drug-likeness (QED) is 0.305. The normalized spacial score (nSPS) is 11.2. The molecule has 0 spiro atoms. The average Bonchev–Trinajstić information content (AvgIpc) is 2.81. The maximum absolute atomic E-state index is 13.5. The second kappa shape index (κ2) is 11.4. The molecule has 3 N–H and O–H groups in total. The van der Waals surface area contributed by atoms with E-state index in [0.29, 0.717) is 35.4 Å². The summed E-state index contributed by atoms with van der Waals surface area (Å²) in [6.45, 7) is 1.85. The molecular weight excluding hydrogens is 461 g/mol. The molecule has 34 heavy (non-hydrogen) atoms. The second-order valence-corrected chi connectivity index (χ2v) is 7.85. The van der Waals surface area contributed by atoms with Crippen LogP contribution in [0.4, 0.5) is 21.5 Å². The average molecular weight is 484 g/mol. The van der Waals surface area contributed by atoms with Gasteiger partial charge in [0.1, 0.15) is 17.6 Å². The fourth-order valence-corrected chi connectivity index (χ4v) is 3.30. The molecule has 3 rings (SSSR count). The number of benzene rings is 2. The molecule has 0 aliphatic heterocycles. The van der Waals surface area contributed by atoms with E-state index in [1.54, 1.807) is 13.2 Å². The number of ether oxygens (including phenoxy) is 1. The van der Waals surface area contributed by atoms with Gasteiger partial charge in [0.2, 0.25) is 5.91 Å². The molecule has 0 unspecified atom stereocenters. The fraction of sp³-hybridized carbons (Fsp3) is 0.208. The molecule has 0 aliphatic rings. The number of nitrogens with zero attached hydrogens (tertiary/aromatic N) is 3. The Kier molecular flexibility index (Phi) is 8.38. The van der Waals surface area contributed by atoms with Crippen LogP contribution in [0.1, 0.15) is 5.56 Å². The molecule has 176 valence electrons. The van der Waals surface area contributed by atoms with Crippen LogP contribution in [0.15, 0.2) is 48.7 Å². The Bertz CT molecular complexity index is 1280. The first-order chi connectivity index (χ1) is 16.3. The van der Waals surface area contributed by atoms with Crippen LogP contribution in [-0.4, -0.2) is 54.8 Å². The molecule has 1 heterocycles. The Hall–Kier alpha value is -3.71. The summed E-state index contributed by atoms with van der Waals surface area (Å²) in [5.41, 5.74) is 1.58. The van der Waals surface area contributed by atoms with Gasteiger partial charge in [0, 0.05) is 49.6 Å². The number of phenols is 1. The Morgan fingerprint density at radius 2 is 2.18 bits per heavy atom. The number of phenolic OH excluding ortho intramolecular Hbond substituents is 1. The molecule has 0 saturated carbocycles. The molecule has 8 nitrogen and oxygen atoms in total. The van der Waals surface area contributed by atoms with Crippen LogP contribution < -0.4 is 10.6 Å². The van der Waals surface area contributed by atoms with Gasteiger partial charge in [0.05, 0.1) is 34.1 Å². The van der Waals surface area contributed by atoms with Gasteiger partial charge in [-0.3, -0.25) is 9.78 Å². The highest BCUT2D eigenvalue weighted by Crippen LogP contribution is 2.35. The van der Waals surface area contributed by atoms with E-state index in [4.69, 9.17) is 16.3 Å². The van der Waals surface area contributed by atoms with E-state index in [1.165, 1.54) is 42.6 Å². The topological polar surface area (TPSA) is 111 Å². The Balaban J connectivity index is 1.88. The van der Waals surface area contributed by atoms with Crippen molar-refractivity contribution < 1.29 is 19.0 Å². The van der Waals surface area contributed by atoms with E-state index in [2.05, 4.69) is 21.7 Å². The Morgan fingerprint density at radius 3 is 2.88 bits per heavy atom. The minimum absolute atomic E-state index is 0.0767. The highest BCUT2D eigenvalue weighted by Gasteiger charge is 2.14. The van der Waals surface area contributed by atoms with Crippen LogP contribution in [-0.2, 0) is 9.53 Å². The number of hydrogen-bond donors (Lipinski definition) is 3. The van der Waals surface area contributed by atoms with Gasteiger partial charge < -0.3 is 25.4 Å². The number of methoxy groups -OCH3 is 1. The number of fused-ring (bicyclic) bond motifs is 1. The lowest BCUT2D eigenvalue weighted by molar-refractivity contribution is -0.111. The van der Waals surface area contributed by atoms with Gasteiger partial charge in [-0.15, -0.1) is 0 Å². The summed E-state index contributed by atoms with van der Waals surface area (Å²) in [5.74, 6) is -1.18. The molecule has 1 aromatic heterocycles. The number of halogens is 2. The van der Waals surface area contributed by atoms with Crippen LogP contribution in [0, 0.1) is 17.1 Å². The number of carbonyl (C=O) groups is 1. The largest absolute Gasteiger partial charge is 0.506 e. The fourth-order valence-electron chi connectivity index (χ4n) is 3.12. The van der Waals surface area contributed by atoms with Crippen molar-refractivity contribution in [3.63, 3.8) is 0 Å². The number of pyridine rings is 1. The first-order valence-corrected chi connectivity index (χ1v) is 10.6. The number of carbonyl (C=O) groups excluding carboxylic acids is 1. The summed E-state index contributed by atoms with van der Waals surface area (Å²) < 4.78 is 18.6. The van der Waals surface area contributed by atoms with Crippen LogP contribution in [0.3, 0.4) is 0 Å². The number of aromatic nitrogens is 1. The van der Waals surface area contributed by atoms with Crippen LogP contribution >= 0.6 is 11.6 Å². The highest BCUT2D eigenvalue weighted by atomic mass is 35.5. The van der Waals surface area contributed by atoms with E-state index >= 15 is 0 Å². The predicted molar refractivity (Wildman–Crippen MR) is 130 cm³/mol. The predicted octanol–water partition coefficient (Wildman–Crippen LogP) is 4.42. The molecule has 3 aromatic rings. The number of amides is 1. The zero-order valence-corrected chi connectivity index (χ0v) is 19.4. The van der Waals surface area contributed by atoms with Crippen LogP contribution in [0.25, 0.3) is 10.9 Å². The van der Waals surface area contributed by atoms with Gasteiger partial charge >= 0.3 is 0 Å². The first kappa shape index (κ1) is 24.9. The molecular formula is C24H23ClFN5O3. The zero-order valence-electron chi connectivity index (χ0n) is 18.6. The van der Waals surface area contributed by atoms with Crippen LogP contribution in [0.5, 0.6) is 5.75 Å². The van der Waals surface area contributed by atoms with E-state index in [9.17, 15) is 19.6 Å². The lowest BCUT2D eigenvalue weighted by Crippen LogP contribution is -2.23. The third kappa shape index (κ3) is 6.20. The molecule has 0 saturated heterocycles. The highest BCUT2D eigenvalue weighted by molar-refractivity contribution is 6.31. The molecule has 0 fully saturated rings. The molecule has 0 atom stereocenters. The smallest absolute Gasteiger partial charge is 0.248 e. The summed E-state index contributed by atoms with van der Waals surface area (Å²) >= 11 is 5.87. The van der Waals surface area contributed by atoms with Gasteiger partial charge in [0.25, 0.3) is 0 Å². The molecule has 0 radical (unpaired) electrons. The second-order valence-electron chi connectivity index (χ2n) is 7.45. The van der Waals surface area contributed by atoms with Crippen molar-refractivity contribution in [2.75, 3.05) is 44.5 Å². The zero-order chi connectivity index (χ0) is 24.7. The number of likely N-dealkylation sites (N-methyl/N-ethyl adjacent to an activating group) is 1. The van der Waals surface area contributed by atoms with E-state index < -0.39 is 11.7 Å². The lowest BCUT2D eigenvalue weighted by Gasteiger charge is -2.14. The number of nitriles is 1. The van der Waals surface area contributed by atoms with Crippen molar-refractivity contribution in [1.82, 2.24) is 9.88 Å². The molecule has 2 aromatic carbocycles. The van der Waals surface area contributed by atoms with Gasteiger partial charge in [-0.05, 0) is 31.3 Å². The molecule has 10 heteroatoms. The van der Waals surface area contributed by atoms with Crippen molar-refractivity contribution in [3.8, 4) is 11.8 Å². The van der Waals surface area contributed by atoms with Gasteiger partial charge in [-0.25, -0.2) is 4.39 Å². The monoisotopic (exact) mass is 483 g/mol. The number of nitrogens with one attached hydrogen (secondary N) is 2. The number of rotatable bonds is 9. The van der Waals surface area contributed by atoms with Crippen molar-refractivity contribution in [1.29, 1.82) is 5.26 Å². The third-order valence-corrected chi connectivity index (χ3v) is 5.21. The maximum atomic E-state index is 13.5. The standard InChI is InChI=1S/C24H23ClFN5O3/c1-31(8-9-34-2)7-3-4-23(33)30-21-11-17-20(12-22(21)32)28-14-15(13-27)24(17)29-16-5-6-19(26)18(25)10-16/h3-6,10-12,14,32H,7-9H2,1-2H3,(H,28,29)(H,30,33)/b4-3+. The van der Waals surface area contributed by atoms with Gasteiger partial charge in [-0.2, -0.15) is 5.26 Å². The van der Waals surface area contributed by atoms with Crippen LogP contribution in [0.2, 0.25) is 5.02 Å². The van der Waals surface area contributed by atoms with E-state index in [-0.39, 0.29) is 22.0 Å². The maximum Gasteiger partial charge on any atom is 0.248 e. The van der Waals surface area contributed by atoms with E-state index in [1.807, 2.05) is 11.9 Å². The molecule has 0 bridgehead atoms. The summed E-state index contributed by atoms with van der Waals surface area (Å²) in [5, 5.41) is 26.0. The lowest BCUT2D eigenvalue weighted by atomic mass is 10.1. The minimum atomic E-state index is -0.569. The minimum Gasteiger partial charge on any atom is -0.506 e. The van der Waals surface area contributed by atoms with Crippen molar-refractivity contribution in [3.05, 3.63) is 65.1 Å². The van der Waals surface area contributed by atoms with Crippen molar-refractivity contribution in [2.24, 2.45) is 0 Å². The van der Waals surface area contributed by atoms with E-state index in [0.717, 1.165) is 6.54 Å². The number of anilines is 3. The van der Waals surface area contributed by atoms with Gasteiger partial charge in [-0.1, -0.05) is 17.7 Å². The van der Waals surface area contributed by atoms with Crippen molar-refractivity contribution in [2.45, 2.75) is 0 Å². The first-order valence-electron chi connectivity index (χ1n) is 10.2. The summed E-state index contributed by atoms with van der Waals surface area (Å²) in [7, 11) is 3.52. The van der Waals surface area contributed by atoms with Crippen molar-refractivity contribution >= 4 is 45.5 Å². The van der Waals surface area contributed by atoms with Gasteiger partial charge in [0.15, 0.2) is 0 Å². The number of hydrogen-bond acceptors (Lipinski definition) is 7. The SMILES string of the molecule is COCCN(C)C/C=C/C(=O)Nc1cc2c(Nc3ccc(F)c(Cl)c3)c(C#N)cnc2cc1O. The molecule has 0 aliphatic carbocycles. The third-order valence-electron chi connectivity index (χ3n) is 4.92. The Labute approximate surface area is 201 Å². The summed E-state index contributed by atoms with van der Waals surface area (Å²) in [4.78, 5) is 18.6. The summed E-state index contributed by atoms with van der Waals surface area (Å²) in [6, 6.07) is 9.03. The summed E-state index contributed by atoms with van der Waals surface area (Å²) in [6.07, 6.45) is 4.43.